The first kappa shape index (κ1) is 41.7. The summed E-state index contributed by atoms with van der Waals surface area (Å²) in [6, 6.07) is 23.5. The van der Waals surface area contributed by atoms with Crippen molar-refractivity contribution in [2.45, 2.75) is 12.8 Å². The molecule has 4 rings (SSSR count). The summed E-state index contributed by atoms with van der Waals surface area (Å²) in [6.07, 6.45) is -0.402. The molecule has 210 valence electrons. The van der Waals surface area contributed by atoms with Gasteiger partial charge in [-0.2, -0.15) is 0 Å². The molecule has 0 heterocycles. The molecule has 4 aromatic rings. The fourth-order valence-corrected chi connectivity index (χ4v) is 4.30. The van der Waals surface area contributed by atoms with E-state index in [1.165, 1.54) is 0 Å². The molecule has 6 N–H and O–H groups in total. The molecule has 0 saturated heterocycles. The third kappa shape index (κ3) is 12.2. The zero-order valence-corrected chi connectivity index (χ0v) is 33.1. The quantitative estimate of drug-likeness (QED) is 0.0853. The van der Waals surface area contributed by atoms with Gasteiger partial charge in [0.25, 0.3) is 0 Å². The summed E-state index contributed by atoms with van der Waals surface area (Å²) in [4.78, 5) is 46.3. The topological polar surface area (TPSA) is 161 Å². The Kier molecular flexibility index (Phi) is 19.4. The Balaban J connectivity index is -0.000000339. The van der Waals surface area contributed by atoms with Crippen LogP contribution in [0.5, 0.6) is 0 Å². The van der Waals surface area contributed by atoms with Crippen LogP contribution < -0.4 is 100 Å². The first-order valence-corrected chi connectivity index (χ1v) is 13.4. The van der Waals surface area contributed by atoms with Gasteiger partial charge in [0.1, 0.15) is 0 Å². The number of carboxylic acids is 2. The normalized spacial score (nSPS) is 9.53. The Morgan fingerprint density at radius 2 is 0.860 bits per heavy atom. The van der Waals surface area contributed by atoms with Crippen LogP contribution in [0.2, 0.25) is 0 Å². The summed E-state index contributed by atoms with van der Waals surface area (Å²) in [7, 11) is 0. The van der Waals surface area contributed by atoms with Crippen molar-refractivity contribution >= 4 is 66.7 Å². The van der Waals surface area contributed by atoms with Crippen LogP contribution in [-0.4, -0.2) is 33.7 Å². The second kappa shape index (κ2) is 20.0. The van der Waals surface area contributed by atoms with E-state index in [1.54, 1.807) is 84.9 Å². The molecule has 0 unspecified atom stereocenters. The van der Waals surface area contributed by atoms with Crippen LogP contribution in [0, 0.1) is 0 Å². The molecule has 0 spiro atoms. The van der Waals surface area contributed by atoms with Crippen LogP contribution in [0.1, 0.15) is 47.2 Å². The summed E-state index contributed by atoms with van der Waals surface area (Å²) >= 11 is 6.61. The van der Waals surface area contributed by atoms with Crippen LogP contribution in [-0.2, 0) is 22.4 Å². The molecule has 0 aliphatic rings. The molecule has 0 atom stereocenters. The second-order valence-electron chi connectivity index (χ2n) is 8.57. The fraction of sp³-hybridized carbons (Fsp3) is 0.0667. The zero-order chi connectivity index (χ0) is 29.4. The summed E-state index contributed by atoms with van der Waals surface area (Å²) in [5.74, 6) is -2.40. The molecule has 0 radical (unpaired) electrons. The SMILES string of the molecule is Nc1c(CC(=O)O)cccc1C(=O)c1ccc(Br)cc1.Nc1c(CC(=O)O)cccc1C(=O)c1ccc(Br)cc1.[H-].[H-].[H-].[Na+].[Na+].[Na+]. The van der Waals surface area contributed by atoms with Crippen molar-refractivity contribution in [2.75, 3.05) is 11.5 Å². The van der Waals surface area contributed by atoms with Crippen LogP contribution in [0.4, 0.5) is 11.4 Å². The maximum Gasteiger partial charge on any atom is 1.00 e. The number of halogens is 2. The average Bonchev–Trinajstić information content (AvgIpc) is 2.91. The molecule has 0 amide bonds. The molecule has 13 heteroatoms. The number of carboxylic acid groups (broad SMARTS) is 2. The van der Waals surface area contributed by atoms with E-state index in [2.05, 4.69) is 31.9 Å². The van der Waals surface area contributed by atoms with Gasteiger partial charge in [0.2, 0.25) is 0 Å². The summed E-state index contributed by atoms with van der Waals surface area (Å²) in [5, 5.41) is 17.6. The number of aliphatic carboxylic acids is 2. The smallest absolute Gasteiger partial charge is 1.00 e. The molecular weight excluding hydrogens is 713 g/mol. The summed E-state index contributed by atoms with van der Waals surface area (Å²) < 4.78 is 1.75. The molecule has 0 aliphatic heterocycles. The van der Waals surface area contributed by atoms with Crippen LogP contribution in [0.15, 0.2) is 93.9 Å². The minimum absolute atomic E-state index is 0. The van der Waals surface area contributed by atoms with Gasteiger partial charge in [0.05, 0.1) is 12.8 Å². The predicted octanol–water partition coefficient (Wildman–Crippen LogP) is -2.87. The van der Waals surface area contributed by atoms with E-state index in [9.17, 15) is 19.2 Å². The number of benzene rings is 4. The number of hydrogen-bond acceptors (Lipinski definition) is 6. The van der Waals surface area contributed by atoms with Crippen molar-refractivity contribution in [1.29, 1.82) is 0 Å². The molecule has 0 aromatic heterocycles. The molecule has 0 aliphatic carbocycles. The monoisotopic (exact) mass is 738 g/mol. The van der Waals surface area contributed by atoms with Crippen molar-refractivity contribution in [3.8, 4) is 0 Å². The van der Waals surface area contributed by atoms with Crippen LogP contribution >= 0.6 is 31.9 Å². The molecule has 0 saturated carbocycles. The van der Waals surface area contributed by atoms with Crippen molar-refractivity contribution in [1.82, 2.24) is 0 Å². The Morgan fingerprint density at radius 1 is 0.558 bits per heavy atom. The van der Waals surface area contributed by atoms with Gasteiger partial charge >= 0.3 is 101 Å². The minimum atomic E-state index is -0.982. The van der Waals surface area contributed by atoms with Crippen LogP contribution in [0.25, 0.3) is 0 Å². The van der Waals surface area contributed by atoms with E-state index in [-0.39, 0.29) is 129 Å². The van der Waals surface area contributed by atoms with Crippen molar-refractivity contribution in [2.24, 2.45) is 0 Å². The van der Waals surface area contributed by atoms with Crippen molar-refractivity contribution in [3.63, 3.8) is 0 Å². The van der Waals surface area contributed by atoms with Gasteiger partial charge in [0.15, 0.2) is 11.6 Å². The number of carbonyl (C=O) groups excluding carboxylic acids is 2. The van der Waals surface area contributed by atoms with E-state index in [1.807, 2.05) is 0 Å². The van der Waals surface area contributed by atoms with Gasteiger partial charge in [-0.1, -0.05) is 56.1 Å². The molecule has 0 bridgehead atoms. The van der Waals surface area contributed by atoms with Gasteiger partial charge in [-0.05, 0) is 71.8 Å². The van der Waals surface area contributed by atoms with Crippen LogP contribution in [0.3, 0.4) is 0 Å². The summed E-state index contributed by atoms with van der Waals surface area (Å²) in [6.45, 7) is 0. The van der Waals surface area contributed by atoms with Crippen molar-refractivity contribution in [3.05, 3.63) is 127 Å². The number of para-hydroxylation sites is 2. The zero-order valence-electron chi connectivity index (χ0n) is 26.9. The first-order chi connectivity index (χ1) is 19.0. The number of carbonyl (C=O) groups is 4. The molecule has 4 aromatic carbocycles. The Morgan fingerprint density at radius 3 is 1.14 bits per heavy atom. The number of rotatable bonds is 8. The largest absolute Gasteiger partial charge is 1.00 e. The van der Waals surface area contributed by atoms with Gasteiger partial charge in [-0.3, -0.25) is 19.2 Å². The average molecular weight is 740 g/mol. The number of nitrogen functional groups attached to an aromatic ring is 2. The Hall–Kier alpha value is -1.28. The predicted molar refractivity (Wildman–Crippen MR) is 163 cm³/mol. The number of nitrogens with two attached hydrogens (primary N) is 2. The third-order valence-corrected chi connectivity index (χ3v) is 6.84. The number of hydrogen-bond donors (Lipinski definition) is 4. The van der Waals surface area contributed by atoms with E-state index in [0.717, 1.165) is 8.95 Å². The maximum absolute atomic E-state index is 12.4. The van der Waals surface area contributed by atoms with Gasteiger partial charge in [-0.25, -0.2) is 0 Å². The minimum Gasteiger partial charge on any atom is -1.00 e. The van der Waals surface area contributed by atoms with Crippen molar-refractivity contribution < 1.29 is 122 Å². The fourth-order valence-electron chi connectivity index (χ4n) is 3.77. The molecule has 8 nitrogen and oxygen atoms in total. The number of anilines is 2. The standard InChI is InChI=1S/2C15H12BrNO3.3Na.3H/c2*16-11-6-4-9(5-7-11)15(20)12-3-1-2-10(14(12)17)8-13(18)19;;;;;;/h2*1-7H,8,17H2,(H,18,19);;;;;;/q;;3*+1;3*-1. The summed E-state index contributed by atoms with van der Waals surface area (Å²) in [5.41, 5.74) is 14.8. The first-order valence-electron chi connectivity index (χ1n) is 11.8. The molecule has 43 heavy (non-hydrogen) atoms. The molecular formula is C30H27Br2N2Na3O6. The maximum atomic E-state index is 12.4. The van der Waals surface area contributed by atoms with Gasteiger partial charge in [-0.15, -0.1) is 0 Å². The van der Waals surface area contributed by atoms with Gasteiger partial charge < -0.3 is 26.0 Å². The van der Waals surface area contributed by atoms with Gasteiger partial charge in [0, 0.05) is 42.6 Å². The van der Waals surface area contributed by atoms with E-state index >= 15 is 0 Å². The van der Waals surface area contributed by atoms with E-state index in [4.69, 9.17) is 21.7 Å². The Bertz CT molecular complexity index is 1480. The number of ketones is 2. The van der Waals surface area contributed by atoms with E-state index in [0.29, 0.717) is 33.4 Å². The third-order valence-electron chi connectivity index (χ3n) is 5.78. The second-order valence-corrected chi connectivity index (χ2v) is 10.4. The van der Waals surface area contributed by atoms with E-state index < -0.39 is 11.9 Å². The Labute approximate surface area is 336 Å². The molecule has 0 fully saturated rings.